The maximum absolute atomic E-state index is 13.2. The van der Waals surface area contributed by atoms with Gasteiger partial charge in [0.25, 0.3) is 0 Å². The van der Waals surface area contributed by atoms with Crippen molar-refractivity contribution in [3.8, 4) is 0 Å². The van der Waals surface area contributed by atoms with Crippen molar-refractivity contribution in [3.05, 3.63) is 64.9 Å². The molecule has 2 atom stereocenters. The molecule has 0 aliphatic rings. The molecule has 1 aromatic heterocycles. The number of hydrogen-bond acceptors (Lipinski definition) is 4. The minimum atomic E-state index is -0.523. The van der Waals surface area contributed by atoms with Crippen LogP contribution in [0.15, 0.2) is 48.5 Å². The molecule has 0 aliphatic heterocycles. The molecule has 0 bridgehead atoms. The predicted molar refractivity (Wildman–Crippen MR) is 104 cm³/mol. The highest BCUT2D eigenvalue weighted by Crippen LogP contribution is 2.26. The maximum Gasteiger partial charge on any atom is 0.222 e. The first kappa shape index (κ1) is 19.0. The van der Waals surface area contributed by atoms with E-state index in [0.717, 1.165) is 15.2 Å². The number of nitrogens with zero attached hydrogens (tertiary/aromatic N) is 1. The average molecular weight is 385 g/mol. The van der Waals surface area contributed by atoms with E-state index >= 15 is 0 Å². The average Bonchev–Trinajstić information content (AvgIpc) is 3.05. The summed E-state index contributed by atoms with van der Waals surface area (Å²) in [5, 5.41) is 6.49. The summed E-state index contributed by atoms with van der Waals surface area (Å²) < 4.78 is 14.2. The Morgan fingerprint density at radius 1 is 1.11 bits per heavy atom. The summed E-state index contributed by atoms with van der Waals surface area (Å²) in [6, 6.07) is 12.8. The van der Waals surface area contributed by atoms with E-state index in [0.29, 0.717) is 5.56 Å². The fraction of sp³-hybridized carbons (Fsp3) is 0.250. The van der Waals surface area contributed by atoms with Crippen molar-refractivity contribution in [2.45, 2.75) is 32.4 Å². The number of fused-ring (bicyclic) bond motifs is 1. The Morgan fingerprint density at radius 2 is 1.81 bits per heavy atom. The van der Waals surface area contributed by atoms with E-state index < -0.39 is 6.04 Å². The molecule has 3 rings (SSSR count). The molecule has 3 aromatic rings. The molecule has 0 radical (unpaired) electrons. The number of thiazole rings is 1. The van der Waals surface area contributed by atoms with Gasteiger partial charge >= 0.3 is 0 Å². The van der Waals surface area contributed by atoms with Gasteiger partial charge in [-0.15, -0.1) is 11.3 Å². The fourth-order valence-electron chi connectivity index (χ4n) is 2.82. The van der Waals surface area contributed by atoms with Crippen molar-refractivity contribution in [1.29, 1.82) is 0 Å². The van der Waals surface area contributed by atoms with Crippen molar-refractivity contribution >= 4 is 33.4 Å². The summed E-state index contributed by atoms with van der Waals surface area (Å²) in [6.07, 6.45) is 0.0560. The van der Waals surface area contributed by atoms with Gasteiger partial charge in [0.15, 0.2) is 0 Å². The zero-order chi connectivity index (χ0) is 19.4. The minimum Gasteiger partial charge on any atom is -0.349 e. The summed E-state index contributed by atoms with van der Waals surface area (Å²) >= 11 is 1.54. The monoisotopic (exact) mass is 385 g/mol. The van der Waals surface area contributed by atoms with Gasteiger partial charge in [-0.25, -0.2) is 9.37 Å². The van der Waals surface area contributed by atoms with Crippen molar-refractivity contribution in [2.75, 3.05) is 0 Å². The van der Waals surface area contributed by atoms with Crippen LogP contribution in [0, 0.1) is 5.82 Å². The lowest BCUT2D eigenvalue weighted by molar-refractivity contribution is -0.123. The highest BCUT2D eigenvalue weighted by atomic mass is 32.1. The smallest absolute Gasteiger partial charge is 0.222 e. The number of benzene rings is 2. The number of para-hydroxylation sites is 1. The lowest BCUT2D eigenvalue weighted by atomic mass is 10.0. The number of carbonyl (C=O) groups excluding carboxylic acids is 2. The predicted octanol–water partition coefficient (Wildman–Crippen LogP) is 3.88. The SMILES string of the molecule is CC(=O)N[C@@H](CC(=O)N[C@@H](C)c1nc2ccccc2s1)c1ccc(F)cc1. The van der Waals surface area contributed by atoms with Gasteiger partial charge in [0.1, 0.15) is 10.8 Å². The third kappa shape index (κ3) is 4.89. The molecular formula is C20H20FN3O2S. The third-order valence-corrected chi connectivity index (χ3v) is 5.32. The number of nitrogens with one attached hydrogen (secondary N) is 2. The van der Waals surface area contributed by atoms with Crippen LogP contribution in [0.25, 0.3) is 10.2 Å². The van der Waals surface area contributed by atoms with Crippen LogP contribution in [0.3, 0.4) is 0 Å². The minimum absolute atomic E-state index is 0.0560. The first-order valence-electron chi connectivity index (χ1n) is 8.60. The van der Waals surface area contributed by atoms with Crippen LogP contribution in [0.4, 0.5) is 4.39 Å². The Morgan fingerprint density at radius 3 is 2.48 bits per heavy atom. The molecular weight excluding hydrogens is 365 g/mol. The first-order valence-corrected chi connectivity index (χ1v) is 9.41. The maximum atomic E-state index is 13.2. The number of rotatable bonds is 6. The van der Waals surface area contributed by atoms with E-state index in [1.165, 1.54) is 30.4 Å². The zero-order valence-corrected chi connectivity index (χ0v) is 15.8. The zero-order valence-electron chi connectivity index (χ0n) is 15.0. The lowest BCUT2D eigenvalue weighted by Gasteiger charge is -2.19. The van der Waals surface area contributed by atoms with Crippen LogP contribution in [0.1, 0.15) is 42.9 Å². The van der Waals surface area contributed by atoms with E-state index in [2.05, 4.69) is 15.6 Å². The van der Waals surface area contributed by atoms with Gasteiger partial charge < -0.3 is 10.6 Å². The Balaban J connectivity index is 1.69. The Bertz CT molecular complexity index is 922. The number of carbonyl (C=O) groups is 2. The third-order valence-electron chi connectivity index (χ3n) is 4.10. The number of hydrogen-bond donors (Lipinski definition) is 2. The van der Waals surface area contributed by atoms with Crippen LogP contribution in [0.2, 0.25) is 0 Å². The summed E-state index contributed by atoms with van der Waals surface area (Å²) in [6.45, 7) is 3.26. The Labute approximate surface area is 160 Å². The van der Waals surface area contributed by atoms with Crippen LogP contribution in [-0.4, -0.2) is 16.8 Å². The van der Waals surface area contributed by atoms with E-state index in [9.17, 15) is 14.0 Å². The highest BCUT2D eigenvalue weighted by molar-refractivity contribution is 7.18. The molecule has 0 unspecified atom stereocenters. The van der Waals surface area contributed by atoms with Crippen LogP contribution < -0.4 is 10.6 Å². The molecule has 0 saturated heterocycles. The van der Waals surface area contributed by atoms with E-state index in [-0.39, 0.29) is 30.1 Å². The summed E-state index contributed by atoms with van der Waals surface area (Å²) in [5.74, 6) is -0.838. The van der Waals surface area contributed by atoms with Crippen LogP contribution in [0.5, 0.6) is 0 Å². The van der Waals surface area contributed by atoms with Gasteiger partial charge in [-0.2, -0.15) is 0 Å². The number of aromatic nitrogens is 1. The molecule has 1 heterocycles. The molecule has 2 N–H and O–H groups in total. The second kappa shape index (κ2) is 8.26. The second-order valence-electron chi connectivity index (χ2n) is 6.32. The molecule has 0 fully saturated rings. The summed E-state index contributed by atoms with van der Waals surface area (Å²) in [7, 11) is 0. The standard InChI is InChI=1S/C20H20FN3O2S/c1-12(20-24-16-5-3-4-6-18(16)27-20)22-19(26)11-17(23-13(2)25)14-7-9-15(21)10-8-14/h3-10,12,17H,11H2,1-2H3,(H,22,26)(H,23,25)/t12-,17-/m0/s1. The molecule has 5 nitrogen and oxygen atoms in total. The Hall–Kier alpha value is -2.80. The van der Waals surface area contributed by atoms with Gasteiger partial charge in [-0.1, -0.05) is 24.3 Å². The normalized spacial score (nSPS) is 13.1. The van der Waals surface area contributed by atoms with Crippen LogP contribution in [-0.2, 0) is 9.59 Å². The van der Waals surface area contributed by atoms with Crippen molar-refractivity contribution in [1.82, 2.24) is 15.6 Å². The molecule has 0 saturated carbocycles. The molecule has 0 spiro atoms. The second-order valence-corrected chi connectivity index (χ2v) is 7.38. The first-order chi connectivity index (χ1) is 12.9. The molecule has 2 amide bonds. The molecule has 0 aliphatic carbocycles. The van der Waals surface area contributed by atoms with E-state index in [4.69, 9.17) is 0 Å². The summed E-state index contributed by atoms with van der Waals surface area (Å²) in [4.78, 5) is 28.6. The Kier molecular flexibility index (Phi) is 5.81. The lowest BCUT2D eigenvalue weighted by Crippen LogP contribution is -2.33. The molecule has 7 heteroatoms. The highest BCUT2D eigenvalue weighted by Gasteiger charge is 2.20. The topological polar surface area (TPSA) is 71.1 Å². The van der Waals surface area contributed by atoms with Gasteiger partial charge in [-0.05, 0) is 36.8 Å². The quantitative estimate of drug-likeness (QED) is 0.676. The number of halogens is 1. The van der Waals surface area contributed by atoms with Gasteiger partial charge in [0.05, 0.1) is 28.7 Å². The summed E-state index contributed by atoms with van der Waals surface area (Å²) in [5.41, 5.74) is 1.58. The number of amides is 2. The van der Waals surface area contributed by atoms with Crippen molar-refractivity contribution < 1.29 is 14.0 Å². The van der Waals surface area contributed by atoms with Crippen LogP contribution >= 0.6 is 11.3 Å². The van der Waals surface area contributed by atoms with Gasteiger partial charge in [-0.3, -0.25) is 9.59 Å². The largest absolute Gasteiger partial charge is 0.349 e. The van der Waals surface area contributed by atoms with Gasteiger partial charge in [0, 0.05) is 6.92 Å². The molecule has 2 aromatic carbocycles. The molecule has 140 valence electrons. The van der Waals surface area contributed by atoms with Crippen molar-refractivity contribution in [2.24, 2.45) is 0 Å². The molecule has 27 heavy (non-hydrogen) atoms. The van der Waals surface area contributed by atoms with Gasteiger partial charge in [0.2, 0.25) is 11.8 Å². The van der Waals surface area contributed by atoms with E-state index in [1.807, 2.05) is 31.2 Å². The van der Waals surface area contributed by atoms with Crippen molar-refractivity contribution in [3.63, 3.8) is 0 Å². The van der Waals surface area contributed by atoms with E-state index in [1.54, 1.807) is 12.1 Å². The fourth-order valence-corrected chi connectivity index (χ4v) is 3.79.